The van der Waals surface area contributed by atoms with Crippen molar-refractivity contribution in [1.29, 1.82) is 0 Å². The molecule has 5 nitrogen and oxygen atoms in total. The van der Waals surface area contributed by atoms with Crippen LogP contribution >= 0.6 is 0 Å². The highest BCUT2D eigenvalue weighted by Gasteiger charge is 2.43. The third kappa shape index (κ3) is 3.96. The van der Waals surface area contributed by atoms with Gasteiger partial charge in [-0.25, -0.2) is 0 Å². The van der Waals surface area contributed by atoms with Gasteiger partial charge in [0.15, 0.2) is 0 Å². The van der Waals surface area contributed by atoms with E-state index in [1.165, 1.54) is 23.8 Å². The van der Waals surface area contributed by atoms with E-state index in [1.54, 1.807) is 12.0 Å². The summed E-state index contributed by atoms with van der Waals surface area (Å²) in [6.45, 7) is 1.46. The second-order valence-corrected chi connectivity index (χ2v) is 7.45. The fourth-order valence-electron chi connectivity index (χ4n) is 4.37. The highest BCUT2D eigenvalue weighted by atomic mass is 19.4. The van der Waals surface area contributed by atoms with Gasteiger partial charge in [0.1, 0.15) is 17.1 Å². The Hall–Kier alpha value is -2.74. The number of rotatable bonds is 3. The lowest BCUT2D eigenvalue weighted by Gasteiger charge is -2.45. The Morgan fingerprint density at radius 3 is 2.57 bits per heavy atom. The van der Waals surface area contributed by atoms with E-state index in [-0.39, 0.29) is 11.5 Å². The molecular weight excluding hydrogens is 399 g/mol. The summed E-state index contributed by atoms with van der Waals surface area (Å²) in [5, 5.41) is 0. The Morgan fingerprint density at radius 1 is 1.13 bits per heavy atom. The molecule has 8 heteroatoms. The number of fused-ring (bicyclic) bond motifs is 2. The SMILES string of the molecule is COc1cccc2c1C1(CCN(C(=O)c3cccc(OC(F)(F)F)c3)CC1)OCC2. The van der Waals surface area contributed by atoms with E-state index in [1.807, 2.05) is 12.1 Å². The van der Waals surface area contributed by atoms with E-state index in [2.05, 4.69) is 10.8 Å². The monoisotopic (exact) mass is 421 g/mol. The fourth-order valence-corrected chi connectivity index (χ4v) is 4.37. The number of likely N-dealkylation sites (tertiary alicyclic amines) is 1. The average Bonchev–Trinajstić information content (AvgIpc) is 2.72. The molecule has 0 radical (unpaired) electrons. The predicted molar refractivity (Wildman–Crippen MR) is 103 cm³/mol. The van der Waals surface area contributed by atoms with Gasteiger partial charge in [-0.3, -0.25) is 4.79 Å². The molecule has 1 fully saturated rings. The smallest absolute Gasteiger partial charge is 0.496 e. The number of benzene rings is 2. The van der Waals surface area contributed by atoms with Crippen molar-refractivity contribution in [2.24, 2.45) is 0 Å². The number of hydrogen-bond donors (Lipinski definition) is 0. The van der Waals surface area contributed by atoms with E-state index in [0.29, 0.717) is 32.5 Å². The van der Waals surface area contributed by atoms with Crippen LogP contribution in [0.5, 0.6) is 11.5 Å². The van der Waals surface area contributed by atoms with Crippen LogP contribution in [0.1, 0.15) is 34.3 Å². The minimum Gasteiger partial charge on any atom is -0.496 e. The number of carbonyl (C=O) groups excluding carboxylic acids is 1. The number of alkyl halides is 3. The first kappa shape index (κ1) is 20.5. The van der Waals surface area contributed by atoms with Gasteiger partial charge in [-0.1, -0.05) is 18.2 Å². The lowest BCUT2D eigenvalue weighted by atomic mass is 9.78. The van der Waals surface area contributed by atoms with Crippen molar-refractivity contribution in [3.63, 3.8) is 0 Å². The molecule has 1 amide bonds. The minimum atomic E-state index is -4.80. The van der Waals surface area contributed by atoms with Crippen LogP contribution in [0.2, 0.25) is 0 Å². The van der Waals surface area contributed by atoms with Gasteiger partial charge < -0.3 is 19.1 Å². The molecule has 4 rings (SSSR count). The van der Waals surface area contributed by atoms with Gasteiger partial charge in [0, 0.05) is 24.2 Å². The van der Waals surface area contributed by atoms with Crippen LogP contribution in [0.4, 0.5) is 13.2 Å². The molecule has 0 atom stereocenters. The standard InChI is InChI=1S/C22H22F3NO4/c1-28-18-7-3-4-15-8-13-29-21(19(15)18)9-11-26(12-10-21)20(27)16-5-2-6-17(14-16)30-22(23,24)25/h2-7,14H,8-13H2,1H3. The molecule has 2 aromatic carbocycles. The molecule has 0 aromatic heterocycles. The van der Waals surface area contributed by atoms with E-state index in [4.69, 9.17) is 9.47 Å². The first-order valence-electron chi connectivity index (χ1n) is 9.77. The molecule has 0 saturated carbocycles. The Balaban J connectivity index is 1.51. The van der Waals surface area contributed by atoms with Crippen LogP contribution in [-0.2, 0) is 16.8 Å². The maximum Gasteiger partial charge on any atom is 0.573 e. The molecule has 0 aliphatic carbocycles. The van der Waals surface area contributed by atoms with Crippen LogP contribution in [0, 0.1) is 0 Å². The number of ether oxygens (including phenoxy) is 3. The highest BCUT2D eigenvalue weighted by molar-refractivity contribution is 5.94. The van der Waals surface area contributed by atoms with Gasteiger partial charge in [-0.2, -0.15) is 0 Å². The number of amides is 1. The van der Waals surface area contributed by atoms with Gasteiger partial charge in [0.2, 0.25) is 0 Å². The molecule has 30 heavy (non-hydrogen) atoms. The third-order valence-corrected chi connectivity index (χ3v) is 5.71. The van der Waals surface area contributed by atoms with Crippen molar-refractivity contribution in [1.82, 2.24) is 4.90 Å². The fraction of sp³-hybridized carbons (Fsp3) is 0.409. The topological polar surface area (TPSA) is 48.0 Å². The van der Waals surface area contributed by atoms with Crippen LogP contribution in [0.3, 0.4) is 0 Å². The zero-order valence-corrected chi connectivity index (χ0v) is 16.5. The van der Waals surface area contributed by atoms with Gasteiger partial charge >= 0.3 is 6.36 Å². The molecule has 160 valence electrons. The van der Waals surface area contributed by atoms with Crippen LogP contribution < -0.4 is 9.47 Å². The normalized spacial score (nSPS) is 18.1. The number of nitrogens with zero attached hydrogens (tertiary/aromatic N) is 1. The molecule has 0 bridgehead atoms. The summed E-state index contributed by atoms with van der Waals surface area (Å²) in [6.07, 6.45) is -2.82. The zero-order chi connectivity index (χ0) is 21.4. The second-order valence-electron chi connectivity index (χ2n) is 7.45. The average molecular weight is 421 g/mol. The molecular formula is C22H22F3NO4. The molecule has 2 aromatic rings. The maximum absolute atomic E-state index is 12.9. The van der Waals surface area contributed by atoms with E-state index >= 15 is 0 Å². The Morgan fingerprint density at radius 2 is 1.87 bits per heavy atom. The van der Waals surface area contributed by atoms with Gasteiger partial charge in [0.25, 0.3) is 5.91 Å². The second kappa shape index (κ2) is 7.83. The van der Waals surface area contributed by atoms with E-state index in [0.717, 1.165) is 23.8 Å². The lowest BCUT2D eigenvalue weighted by molar-refractivity contribution is -0.274. The molecule has 0 unspecified atom stereocenters. The van der Waals surface area contributed by atoms with Gasteiger partial charge in [0.05, 0.1) is 13.7 Å². The summed E-state index contributed by atoms with van der Waals surface area (Å²) in [5.74, 6) is 0.0496. The van der Waals surface area contributed by atoms with Crippen LogP contribution in [0.25, 0.3) is 0 Å². The van der Waals surface area contributed by atoms with Crippen molar-refractivity contribution in [3.05, 3.63) is 59.2 Å². The Labute approximate surface area is 172 Å². The molecule has 1 saturated heterocycles. The van der Waals surface area contributed by atoms with Crippen molar-refractivity contribution >= 4 is 5.91 Å². The summed E-state index contributed by atoms with van der Waals surface area (Å²) in [4.78, 5) is 14.5. The lowest BCUT2D eigenvalue weighted by Crippen LogP contribution is -2.48. The highest BCUT2D eigenvalue weighted by Crippen LogP contribution is 2.46. The quantitative estimate of drug-likeness (QED) is 0.742. The molecule has 0 N–H and O–H groups in total. The molecule has 2 heterocycles. The van der Waals surface area contributed by atoms with Crippen LogP contribution in [0.15, 0.2) is 42.5 Å². The van der Waals surface area contributed by atoms with Crippen molar-refractivity contribution in [2.45, 2.75) is 31.2 Å². The maximum atomic E-state index is 12.9. The summed E-state index contributed by atoms with van der Waals surface area (Å²) in [5.41, 5.74) is 1.89. The number of halogens is 3. The van der Waals surface area contributed by atoms with E-state index < -0.39 is 17.7 Å². The van der Waals surface area contributed by atoms with Gasteiger partial charge in [-0.15, -0.1) is 13.2 Å². The van der Waals surface area contributed by atoms with Crippen LogP contribution in [-0.4, -0.2) is 44.0 Å². The predicted octanol–water partition coefficient (Wildman–Crippen LogP) is 4.30. The summed E-state index contributed by atoms with van der Waals surface area (Å²) in [7, 11) is 1.63. The van der Waals surface area contributed by atoms with Crippen molar-refractivity contribution < 1.29 is 32.2 Å². The largest absolute Gasteiger partial charge is 0.573 e. The zero-order valence-electron chi connectivity index (χ0n) is 16.5. The number of methoxy groups -OCH3 is 1. The number of carbonyl (C=O) groups is 1. The number of hydrogen-bond acceptors (Lipinski definition) is 4. The van der Waals surface area contributed by atoms with Crippen molar-refractivity contribution in [3.8, 4) is 11.5 Å². The minimum absolute atomic E-state index is 0.162. The van der Waals surface area contributed by atoms with Crippen molar-refractivity contribution in [2.75, 3.05) is 26.8 Å². The first-order chi connectivity index (χ1) is 14.3. The Kier molecular flexibility index (Phi) is 5.36. The van der Waals surface area contributed by atoms with E-state index in [9.17, 15) is 18.0 Å². The van der Waals surface area contributed by atoms with Gasteiger partial charge in [-0.05, 0) is 49.1 Å². The first-order valence-corrected chi connectivity index (χ1v) is 9.77. The summed E-state index contributed by atoms with van der Waals surface area (Å²) < 4.78 is 53.1. The summed E-state index contributed by atoms with van der Waals surface area (Å²) in [6, 6.07) is 11.1. The Bertz CT molecular complexity index is 922. The third-order valence-electron chi connectivity index (χ3n) is 5.71. The molecule has 2 aliphatic rings. The molecule has 2 aliphatic heterocycles. The summed E-state index contributed by atoms with van der Waals surface area (Å²) >= 11 is 0. The molecule has 1 spiro atoms. The number of piperidine rings is 1.